The largest absolute Gasteiger partial charge is 0.464 e. The summed E-state index contributed by atoms with van der Waals surface area (Å²) < 4.78 is 9.00. The number of carbonyl (C=O) groups is 1. The van der Waals surface area contributed by atoms with Crippen LogP contribution in [0.4, 0.5) is 0 Å². The van der Waals surface area contributed by atoms with Crippen LogP contribution in [0.5, 0.6) is 0 Å². The highest BCUT2D eigenvalue weighted by molar-refractivity contribution is 7.97. The average molecular weight is 391 g/mol. The second kappa shape index (κ2) is 10.0. The summed E-state index contributed by atoms with van der Waals surface area (Å²) in [5.74, 6) is -0.495. The van der Waals surface area contributed by atoms with Crippen LogP contribution in [-0.2, 0) is 21.0 Å². The number of ether oxygens (including phenoxy) is 1. The molecule has 0 fully saturated rings. The second-order valence-electron chi connectivity index (χ2n) is 5.15. The van der Waals surface area contributed by atoms with E-state index in [-0.39, 0.29) is 12.3 Å². The molecule has 0 aliphatic carbocycles. The van der Waals surface area contributed by atoms with Gasteiger partial charge >= 0.3 is 5.97 Å². The van der Waals surface area contributed by atoms with Crippen molar-refractivity contribution in [1.82, 2.24) is 5.48 Å². The molecule has 136 valence electrons. The summed E-state index contributed by atoms with van der Waals surface area (Å²) in [5, 5.41) is 0.653. The first-order valence-corrected chi connectivity index (χ1v) is 9.23. The van der Waals surface area contributed by atoms with Crippen LogP contribution in [0.15, 0.2) is 59.5 Å². The summed E-state index contributed by atoms with van der Waals surface area (Å²) >= 11 is 7.07. The number of hydrogen-bond acceptors (Lipinski definition) is 6. The molecule has 5 nitrogen and oxygen atoms in total. The van der Waals surface area contributed by atoms with Crippen LogP contribution in [0.3, 0.4) is 0 Å². The summed E-state index contributed by atoms with van der Waals surface area (Å²) in [6, 6.07) is 14.6. The number of hydroxylamine groups is 1. The van der Waals surface area contributed by atoms with Crippen molar-refractivity contribution in [2.24, 2.45) is 4.40 Å². The van der Waals surface area contributed by atoms with E-state index in [0.717, 1.165) is 11.1 Å². The van der Waals surface area contributed by atoms with Gasteiger partial charge in [0, 0.05) is 16.8 Å². The first-order chi connectivity index (χ1) is 12.6. The maximum atomic E-state index is 12.0. The van der Waals surface area contributed by atoms with Gasteiger partial charge in [-0.1, -0.05) is 54.6 Å². The lowest BCUT2D eigenvalue weighted by atomic mass is 10.0. The molecule has 0 aromatic heterocycles. The lowest BCUT2D eigenvalue weighted by Gasteiger charge is -2.13. The first kappa shape index (κ1) is 20.0. The van der Waals surface area contributed by atoms with Gasteiger partial charge in [0.1, 0.15) is 6.61 Å². The summed E-state index contributed by atoms with van der Waals surface area (Å²) in [7, 11) is 1.33. The van der Waals surface area contributed by atoms with Gasteiger partial charge in [0.15, 0.2) is 5.71 Å². The van der Waals surface area contributed by atoms with Gasteiger partial charge in [-0.05, 0) is 35.2 Å². The lowest BCUT2D eigenvalue weighted by Crippen LogP contribution is -2.20. The summed E-state index contributed by atoms with van der Waals surface area (Å²) in [4.78, 5) is 17.6. The van der Waals surface area contributed by atoms with Crippen LogP contribution in [0.25, 0.3) is 5.70 Å². The molecule has 0 atom stereocenters. The lowest BCUT2D eigenvalue weighted by molar-refractivity contribution is -0.132. The molecule has 0 heterocycles. The van der Waals surface area contributed by atoms with Gasteiger partial charge in [0.2, 0.25) is 0 Å². The number of rotatable bonds is 8. The predicted octanol–water partition coefficient (Wildman–Crippen LogP) is 4.27. The minimum atomic E-state index is -0.495. The summed E-state index contributed by atoms with van der Waals surface area (Å²) in [5.41, 5.74) is 5.97. The molecule has 0 saturated carbocycles. The Balaban J connectivity index is 2.08. The van der Waals surface area contributed by atoms with E-state index in [2.05, 4.69) is 16.5 Å². The van der Waals surface area contributed by atoms with Crippen LogP contribution in [0.2, 0.25) is 5.02 Å². The molecule has 0 spiro atoms. The number of nitrogens with one attached hydrogen (secondary N) is 1. The van der Waals surface area contributed by atoms with Crippen LogP contribution in [0.1, 0.15) is 16.7 Å². The average Bonchev–Trinajstić information content (AvgIpc) is 2.66. The van der Waals surface area contributed by atoms with Gasteiger partial charge in [-0.25, -0.2) is 9.19 Å². The Labute approximate surface area is 162 Å². The van der Waals surface area contributed by atoms with Crippen LogP contribution < -0.4 is 5.48 Å². The van der Waals surface area contributed by atoms with Crippen molar-refractivity contribution in [1.29, 1.82) is 0 Å². The SMILES string of the molecule is C=C(NOCc1ccccc1C(=NSC)C(=O)OC)c1ccc(Cl)cc1. The van der Waals surface area contributed by atoms with Crippen molar-refractivity contribution in [3.8, 4) is 0 Å². The third kappa shape index (κ3) is 5.36. The maximum Gasteiger partial charge on any atom is 0.357 e. The topological polar surface area (TPSA) is 59.9 Å². The van der Waals surface area contributed by atoms with E-state index in [1.54, 1.807) is 24.5 Å². The minimum Gasteiger partial charge on any atom is -0.464 e. The van der Waals surface area contributed by atoms with E-state index in [1.807, 2.05) is 30.3 Å². The maximum absolute atomic E-state index is 12.0. The number of carbonyl (C=O) groups excluding carboxylic acids is 1. The normalized spacial score (nSPS) is 11.1. The molecule has 0 radical (unpaired) electrons. The molecule has 0 amide bonds. The molecule has 0 saturated heterocycles. The highest BCUT2D eigenvalue weighted by Gasteiger charge is 2.18. The third-order valence-corrected chi connectivity index (χ3v) is 4.07. The second-order valence-corrected chi connectivity index (χ2v) is 6.13. The third-order valence-electron chi connectivity index (χ3n) is 3.45. The highest BCUT2D eigenvalue weighted by atomic mass is 35.5. The zero-order chi connectivity index (χ0) is 18.9. The van der Waals surface area contributed by atoms with E-state index in [0.29, 0.717) is 16.3 Å². The van der Waals surface area contributed by atoms with E-state index in [1.165, 1.54) is 19.1 Å². The van der Waals surface area contributed by atoms with E-state index < -0.39 is 5.97 Å². The van der Waals surface area contributed by atoms with Gasteiger partial charge in [-0.15, -0.1) is 0 Å². The van der Waals surface area contributed by atoms with Gasteiger partial charge in [0.25, 0.3) is 0 Å². The van der Waals surface area contributed by atoms with Crippen molar-refractivity contribution in [2.45, 2.75) is 6.61 Å². The zero-order valence-electron chi connectivity index (χ0n) is 14.5. The van der Waals surface area contributed by atoms with Crippen molar-refractivity contribution in [3.63, 3.8) is 0 Å². The fourth-order valence-electron chi connectivity index (χ4n) is 2.17. The fraction of sp³-hybridized carbons (Fsp3) is 0.158. The van der Waals surface area contributed by atoms with Crippen LogP contribution in [0, 0.1) is 0 Å². The molecule has 0 bridgehead atoms. The van der Waals surface area contributed by atoms with Crippen molar-refractivity contribution in [2.75, 3.05) is 13.4 Å². The Kier molecular flexibility index (Phi) is 7.72. The van der Waals surface area contributed by atoms with Crippen LogP contribution in [-0.4, -0.2) is 25.0 Å². The van der Waals surface area contributed by atoms with Gasteiger partial charge in [-0.3, -0.25) is 10.3 Å². The molecule has 26 heavy (non-hydrogen) atoms. The quantitative estimate of drug-likeness (QED) is 0.315. The Morgan fingerprint density at radius 3 is 2.58 bits per heavy atom. The van der Waals surface area contributed by atoms with Gasteiger partial charge in [0.05, 0.1) is 12.8 Å². The molecule has 2 aromatic carbocycles. The van der Waals surface area contributed by atoms with E-state index in [9.17, 15) is 4.79 Å². The summed E-state index contributed by atoms with van der Waals surface area (Å²) in [6.07, 6.45) is 1.78. The van der Waals surface area contributed by atoms with Crippen molar-refractivity contribution in [3.05, 3.63) is 76.8 Å². The first-order valence-electron chi connectivity index (χ1n) is 7.67. The van der Waals surface area contributed by atoms with Gasteiger partial charge in [-0.2, -0.15) is 0 Å². The minimum absolute atomic E-state index is 0.215. The Morgan fingerprint density at radius 2 is 1.92 bits per heavy atom. The molecule has 7 heteroatoms. The number of benzene rings is 2. The Morgan fingerprint density at radius 1 is 1.23 bits per heavy atom. The Hall–Kier alpha value is -2.28. The number of methoxy groups -OCH3 is 1. The smallest absolute Gasteiger partial charge is 0.357 e. The standard InChI is InChI=1S/C19H19ClN2O3S/c1-13(14-8-10-16(20)11-9-14)21-25-12-15-6-4-5-7-17(15)18(22-26-3)19(23)24-2/h4-11,21H,1,12H2,2-3H3. The molecule has 2 rings (SSSR count). The molecule has 2 aromatic rings. The number of esters is 1. The molecule has 0 aliphatic heterocycles. The number of nitrogens with zero attached hydrogens (tertiary/aromatic N) is 1. The van der Waals surface area contributed by atoms with E-state index in [4.69, 9.17) is 21.2 Å². The number of hydrogen-bond donors (Lipinski definition) is 1. The van der Waals surface area contributed by atoms with Gasteiger partial charge < -0.3 is 4.74 Å². The Bertz CT molecular complexity index is 807. The fourth-order valence-corrected chi connectivity index (χ4v) is 2.65. The van der Waals surface area contributed by atoms with E-state index >= 15 is 0 Å². The van der Waals surface area contributed by atoms with Crippen LogP contribution >= 0.6 is 23.5 Å². The predicted molar refractivity (Wildman–Crippen MR) is 107 cm³/mol. The van der Waals surface area contributed by atoms with Crippen molar-refractivity contribution >= 4 is 40.9 Å². The summed E-state index contributed by atoms with van der Waals surface area (Å²) in [6.45, 7) is 4.15. The molecule has 1 N–H and O–H groups in total. The molecule has 0 unspecified atom stereocenters. The zero-order valence-corrected chi connectivity index (χ0v) is 16.1. The number of halogens is 1. The molecular formula is C19H19ClN2O3S. The monoisotopic (exact) mass is 390 g/mol. The van der Waals surface area contributed by atoms with Crippen molar-refractivity contribution < 1.29 is 14.4 Å². The molecule has 0 aliphatic rings. The highest BCUT2D eigenvalue weighted by Crippen LogP contribution is 2.17. The molecular weight excluding hydrogens is 372 g/mol.